The first-order chi connectivity index (χ1) is 11.6. The fraction of sp³-hybridized carbons (Fsp3) is 0.211. The average Bonchev–Trinajstić information content (AvgIpc) is 2.60. The molecule has 24 heavy (non-hydrogen) atoms. The van der Waals surface area contributed by atoms with Crippen molar-refractivity contribution in [1.29, 1.82) is 0 Å². The number of carbonyl (C=O) groups is 1. The van der Waals surface area contributed by atoms with Crippen molar-refractivity contribution in [3.8, 4) is 5.69 Å². The molecule has 3 aromatic rings. The van der Waals surface area contributed by atoms with E-state index in [2.05, 4.69) is 11.9 Å². The van der Waals surface area contributed by atoms with E-state index in [9.17, 15) is 9.59 Å². The number of benzene rings is 2. The fourth-order valence-corrected chi connectivity index (χ4v) is 2.70. The Morgan fingerprint density at radius 3 is 2.50 bits per heavy atom. The number of nitrogens with zero attached hydrogens (tertiary/aromatic N) is 2. The number of carboxylic acids is 1. The molecule has 5 heteroatoms. The summed E-state index contributed by atoms with van der Waals surface area (Å²) in [5.41, 5.74) is 1.38. The Morgan fingerprint density at radius 1 is 1.12 bits per heavy atom. The average molecular weight is 322 g/mol. The monoisotopic (exact) mass is 322 g/mol. The number of para-hydroxylation sites is 1. The molecule has 0 bridgehead atoms. The summed E-state index contributed by atoms with van der Waals surface area (Å²) in [4.78, 5) is 28.6. The summed E-state index contributed by atoms with van der Waals surface area (Å²) in [6.07, 6.45) is 2.62. The quantitative estimate of drug-likeness (QED) is 0.781. The van der Waals surface area contributed by atoms with Crippen molar-refractivity contribution in [3.05, 3.63) is 70.3 Å². The third-order valence-corrected chi connectivity index (χ3v) is 3.97. The largest absolute Gasteiger partial charge is 0.478 e. The zero-order chi connectivity index (χ0) is 17.1. The number of rotatable bonds is 5. The van der Waals surface area contributed by atoms with Crippen LogP contribution in [0.2, 0.25) is 0 Å². The standard InChI is InChI=1S/C19H18N2O3/c1-2-3-8-17-20-16-7-5-4-6-15(16)18(22)21(17)14-11-9-13(10-12-14)19(23)24/h4-7,9-12H,2-3,8H2,1H3,(H,23,24). The lowest BCUT2D eigenvalue weighted by atomic mass is 10.1. The van der Waals surface area contributed by atoms with Crippen LogP contribution in [-0.4, -0.2) is 20.6 Å². The van der Waals surface area contributed by atoms with Gasteiger partial charge in [-0.3, -0.25) is 9.36 Å². The van der Waals surface area contributed by atoms with Gasteiger partial charge < -0.3 is 5.11 Å². The van der Waals surface area contributed by atoms with E-state index in [0.717, 1.165) is 12.8 Å². The highest BCUT2D eigenvalue weighted by Crippen LogP contribution is 2.15. The molecule has 0 unspecified atom stereocenters. The molecule has 1 aromatic heterocycles. The second kappa shape index (κ2) is 6.66. The molecule has 1 heterocycles. The summed E-state index contributed by atoms with van der Waals surface area (Å²) in [7, 11) is 0. The Balaban J connectivity index is 2.22. The first-order valence-electron chi connectivity index (χ1n) is 7.96. The van der Waals surface area contributed by atoms with Gasteiger partial charge in [-0.25, -0.2) is 9.78 Å². The highest BCUT2D eigenvalue weighted by molar-refractivity contribution is 5.87. The third-order valence-electron chi connectivity index (χ3n) is 3.97. The third kappa shape index (κ3) is 2.93. The van der Waals surface area contributed by atoms with Crippen molar-refractivity contribution >= 4 is 16.9 Å². The molecule has 0 spiro atoms. The van der Waals surface area contributed by atoms with Crippen molar-refractivity contribution in [2.75, 3.05) is 0 Å². The van der Waals surface area contributed by atoms with Gasteiger partial charge >= 0.3 is 5.97 Å². The second-order valence-corrected chi connectivity index (χ2v) is 5.64. The number of aromatic nitrogens is 2. The topological polar surface area (TPSA) is 72.2 Å². The molecule has 0 aliphatic rings. The molecule has 0 saturated heterocycles. The van der Waals surface area contributed by atoms with E-state index < -0.39 is 5.97 Å². The lowest BCUT2D eigenvalue weighted by Crippen LogP contribution is -2.24. The Bertz CT molecular complexity index is 943. The van der Waals surface area contributed by atoms with E-state index in [0.29, 0.717) is 28.8 Å². The van der Waals surface area contributed by atoms with Crippen LogP contribution in [0.4, 0.5) is 0 Å². The molecular formula is C19H18N2O3. The van der Waals surface area contributed by atoms with E-state index in [1.165, 1.54) is 12.1 Å². The van der Waals surface area contributed by atoms with Crippen molar-refractivity contribution in [2.45, 2.75) is 26.2 Å². The van der Waals surface area contributed by atoms with E-state index in [1.807, 2.05) is 18.2 Å². The van der Waals surface area contributed by atoms with Crippen LogP contribution in [0.5, 0.6) is 0 Å². The van der Waals surface area contributed by atoms with Crippen molar-refractivity contribution < 1.29 is 9.90 Å². The Kier molecular flexibility index (Phi) is 4.42. The van der Waals surface area contributed by atoms with Gasteiger partial charge in [0, 0.05) is 6.42 Å². The van der Waals surface area contributed by atoms with Gasteiger partial charge in [0.2, 0.25) is 0 Å². The number of aryl methyl sites for hydroxylation is 1. The van der Waals surface area contributed by atoms with Gasteiger partial charge in [-0.2, -0.15) is 0 Å². The predicted octanol–water partition coefficient (Wildman–Crippen LogP) is 3.43. The lowest BCUT2D eigenvalue weighted by Gasteiger charge is -2.13. The van der Waals surface area contributed by atoms with Gasteiger partial charge in [0.15, 0.2) is 0 Å². The molecule has 0 fully saturated rings. The van der Waals surface area contributed by atoms with Crippen LogP contribution in [-0.2, 0) is 6.42 Å². The van der Waals surface area contributed by atoms with Crippen molar-refractivity contribution in [2.24, 2.45) is 0 Å². The minimum absolute atomic E-state index is 0.130. The van der Waals surface area contributed by atoms with Crippen molar-refractivity contribution in [1.82, 2.24) is 9.55 Å². The van der Waals surface area contributed by atoms with E-state index in [-0.39, 0.29) is 11.1 Å². The summed E-state index contributed by atoms with van der Waals surface area (Å²) in [6, 6.07) is 13.6. The van der Waals surface area contributed by atoms with Crippen LogP contribution in [0, 0.1) is 0 Å². The van der Waals surface area contributed by atoms with Gasteiger partial charge in [0.25, 0.3) is 5.56 Å². The Morgan fingerprint density at radius 2 is 1.83 bits per heavy atom. The maximum absolute atomic E-state index is 12.9. The van der Waals surface area contributed by atoms with Crippen LogP contribution in [0.25, 0.3) is 16.6 Å². The fourth-order valence-electron chi connectivity index (χ4n) is 2.70. The number of hydrogen-bond acceptors (Lipinski definition) is 3. The smallest absolute Gasteiger partial charge is 0.335 e. The molecule has 0 radical (unpaired) electrons. The molecule has 0 aliphatic heterocycles. The minimum Gasteiger partial charge on any atom is -0.478 e. The maximum Gasteiger partial charge on any atom is 0.335 e. The SMILES string of the molecule is CCCCc1nc2ccccc2c(=O)n1-c1ccc(C(=O)O)cc1. The predicted molar refractivity (Wildman–Crippen MR) is 92.9 cm³/mol. The minimum atomic E-state index is -0.989. The zero-order valence-corrected chi connectivity index (χ0v) is 13.4. The normalized spacial score (nSPS) is 10.9. The van der Waals surface area contributed by atoms with Crippen LogP contribution >= 0.6 is 0 Å². The molecular weight excluding hydrogens is 304 g/mol. The van der Waals surface area contributed by atoms with Crippen molar-refractivity contribution in [3.63, 3.8) is 0 Å². The highest BCUT2D eigenvalue weighted by atomic mass is 16.4. The molecule has 0 saturated carbocycles. The molecule has 0 aliphatic carbocycles. The van der Waals surface area contributed by atoms with Gasteiger partial charge in [-0.15, -0.1) is 0 Å². The van der Waals surface area contributed by atoms with Gasteiger partial charge in [0.1, 0.15) is 5.82 Å². The number of fused-ring (bicyclic) bond motifs is 1. The van der Waals surface area contributed by atoms with Gasteiger partial charge in [0.05, 0.1) is 22.2 Å². The van der Waals surface area contributed by atoms with E-state index in [1.54, 1.807) is 22.8 Å². The molecule has 3 rings (SSSR count). The number of carboxylic acid groups (broad SMARTS) is 1. The van der Waals surface area contributed by atoms with E-state index in [4.69, 9.17) is 5.11 Å². The van der Waals surface area contributed by atoms with Crippen LogP contribution in [0.1, 0.15) is 35.9 Å². The number of unbranched alkanes of at least 4 members (excludes halogenated alkanes) is 1. The number of hydrogen-bond donors (Lipinski definition) is 1. The summed E-state index contributed by atoms with van der Waals surface area (Å²) in [6.45, 7) is 2.09. The van der Waals surface area contributed by atoms with Crippen LogP contribution < -0.4 is 5.56 Å². The number of aromatic carboxylic acids is 1. The Labute approximate surface area is 139 Å². The zero-order valence-electron chi connectivity index (χ0n) is 13.4. The molecule has 0 atom stereocenters. The van der Waals surface area contributed by atoms with Gasteiger partial charge in [-0.1, -0.05) is 25.5 Å². The first kappa shape index (κ1) is 15.9. The lowest BCUT2D eigenvalue weighted by molar-refractivity contribution is 0.0697. The molecule has 5 nitrogen and oxygen atoms in total. The highest BCUT2D eigenvalue weighted by Gasteiger charge is 2.13. The van der Waals surface area contributed by atoms with Crippen LogP contribution in [0.15, 0.2) is 53.3 Å². The maximum atomic E-state index is 12.9. The molecule has 2 aromatic carbocycles. The summed E-state index contributed by atoms with van der Waals surface area (Å²) >= 11 is 0. The second-order valence-electron chi connectivity index (χ2n) is 5.64. The molecule has 1 N–H and O–H groups in total. The van der Waals surface area contributed by atoms with Gasteiger partial charge in [-0.05, 0) is 42.8 Å². The summed E-state index contributed by atoms with van der Waals surface area (Å²) in [5, 5.41) is 9.59. The summed E-state index contributed by atoms with van der Waals surface area (Å²) < 4.78 is 1.59. The van der Waals surface area contributed by atoms with Crippen LogP contribution in [0.3, 0.4) is 0 Å². The van der Waals surface area contributed by atoms with E-state index >= 15 is 0 Å². The summed E-state index contributed by atoms with van der Waals surface area (Å²) in [5.74, 6) is -0.291. The Hall–Kier alpha value is -2.95. The molecule has 0 amide bonds. The molecule has 122 valence electrons. The first-order valence-corrected chi connectivity index (χ1v) is 7.96.